The van der Waals surface area contributed by atoms with Crippen molar-refractivity contribution in [2.45, 2.75) is 33.6 Å². The van der Waals surface area contributed by atoms with Crippen LogP contribution >= 0.6 is 11.3 Å². The first kappa shape index (κ1) is 20.4. The molecule has 0 aliphatic heterocycles. The summed E-state index contributed by atoms with van der Waals surface area (Å²) < 4.78 is 39.2. The van der Waals surface area contributed by atoms with E-state index in [4.69, 9.17) is 0 Å². The van der Waals surface area contributed by atoms with E-state index in [9.17, 15) is 18.3 Å². The maximum absolute atomic E-state index is 13.1. The van der Waals surface area contributed by atoms with Crippen molar-refractivity contribution < 1.29 is 18.3 Å². The van der Waals surface area contributed by atoms with Crippen molar-refractivity contribution in [2.24, 2.45) is 10.9 Å². The lowest BCUT2D eigenvalue weighted by atomic mass is 9.99. The van der Waals surface area contributed by atoms with Crippen LogP contribution in [-0.4, -0.2) is 24.0 Å². The SMILES string of the molecule is C/N=C(\C=C(\c1ccc(-c2ccc(CO)c(C)c2)s1)C(C)C)C(F)(F)F. The number of aliphatic hydroxyl groups excluding tert-OH is 1. The molecule has 0 atom stereocenters. The highest BCUT2D eigenvalue weighted by molar-refractivity contribution is 7.16. The molecule has 0 fully saturated rings. The Balaban J connectivity index is 2.43. The van der Waals surface area contributed by atoms with Gasteiger partial charge in [-0.3, -0.25) is 4.99 Å². The molecule has 0 amide bonds. The van der Waals surface area contributed by atoms with Crippen LogP contribution in [0.1, 0.15) is 29.9 Å². The predicted molar refractivity (Wildman–Crippen MR) is 103 cm³/mol. The third kappa shape index (κ3) is 4.62. The van der Waals surface area contributed by atoms with Crippen LogP contribution in [0.2, 0.25) is 0 Å². The van der Waals surface area contributed by atoms with Gasteiger partial charge in [0.2, 0.25) is 0 Å². The van der Waals surface area contributed by atoms with E-state index in [2.05, 4.69) is 4.99 Å². The molecule has 0 unspecified atom stereocenters. The molecule has 2 aromatic rings. The molecule has 1 aromatic carbocycles. The summed E-state index contributed by atoms with van der Waals surface area (Å²) in [5.41, 5.74) is 2.57. The monoisotopic (exact) mass is 381 g/mol. The van der Waals surface area contributed by atoms with Crippen molar-refractivity contribution in [1.29, 1.82) is 0 Å². The van der Waals surface area contributed by atoms with E-state index in [1.54, 1.807) is 0 Å². The topological polar surface area (TPSA) is 32.6 Å². The number of alkyl halides is 3. The average molecular weight is 381 g/mol. The first-order valence-electron chi connectivity index (χ1n) is 8.24. The number of nitrogens with zero attached hydrogens (tertiary/aromatic N) is 1. The number of rotatable bonds is 5. The van der Waals surface area contributed by atoms with Crippen LogP contribution in [0, 0.1) is 12.8 Å². The number of halogens is 3. The zero-order valence-electron chi connectivity index (χ0n) is 15.2. The van der Waals surface area contributed by atoms with Gasteiger partial charge in [0, 0.05) is 16.8 Å². The number of thiophene rings is 1. The molecule has 0 saturated heterocycles. The Labute approximate surface area is 155 Å². The Morgan fingerprint density at radius 1 is 1.23 bits per heavy atom. The maximum atomic E-state index is 13.1. The third-order valence-electron chi connectivity index (χ3n) is 4.13. The summed E-state index contributed by atoms with van der Waals surface area (Å²) in [6.07, 6.45) is -3.33. The number of hydrogen-bond donors (Lipinski definition) is 1. The standard InChI is InChI=1S/C20H22F3NOS/c1-12(2)16(10-19(24-4)20(21,22)23)18-8-7-17(26-18)14-5-6-15(11-25)13(3)9-14/h5-10,12,25H,11H2,1-4H3/b16-10+,24-19+. The molecule has 0 bridgehead atoms. The van der Waals surface area contributed by atoms with Gasteiger partial charge in [0.25, 0.3) is 0 Å². The molecule has 26 heavy (non-hydrogen) atoms. The van der Waals surface area contributed by atoms with Crippen LogP contribution in [0.3, 0.4) is 0 Å². The Bertz CT molecular complexity index is 832. The summed E-state index contributed by atoms with van der Waals surface area (Å²) >= 11 is 1.45. The molecule has 6 heteroatoms. The molecule has 0 aliphatic carbocycles. The minimum absolute atomic E-state index is 0.0153. The second-order valence-corrected chi connectivity index (χ2v) is 7.41. The number of hydrogen-bond acceptors (Lipinski definition) is 3. The molecule has 1 aromatic heterocycles. The second-order valence-electron chi connectivity index (χ2n) is 6.32. The molecular weight excluding hydrogens is 359 g/mol. The normalized spacial score (nSPS) is 13.6. The second kappa shape index (κ2) is 8.18. The van der Waals surface area contributed by atoms with Gasteiger partial charge in [0.1, 0.15) is 5.71 Å². The summed E-state index contributed by atoms with van der Waals surface area (Å²) in [6.45, 7) is 5.65. The summed E-state index contributed by atoms with van der Waals surface area (Å²) in [6, 6.07) is 9.54. The molecule has 0 aliphatic rings. The predicted octanol–water partition coefficient (Wildman–Crippen LogP) is 5.89. The fraction of sp³-hybridized carbons (Fsp3) is 0.350. The summed E-state index contributed by atoms with van der Waals surface area (Å²) in [7, 11) is 1.16. The van der Waals surface area contributed by atoms with E-state index >= 15 is 0 Å². The molecule has 0 spiro atoms. The summed E-state index contributed by atoms with van der Waals surface area (Å²) in [4.78, 5) is 5.17. The highest BCUT2D eigenvalue weighted by atomic mass is 32.1. The van der Waals surface area contributed by atoms with Gasteiger partial charge in [-0.15, -0.1) is 11.3 Å². The van der Waals surface area contributed by atoms with Gasteiger partial charge >= 0.3 is 6.18 Å². The molecule has 0 saturated carbocycles. The van der Waals surface area contributed by atoms with E-state index in [1.807, 2.05) is 51.1 Å². The van der Waals surface area contributed by atoms with Crippen LogP contribution in [0.15, 0.2) is 41.4 Å². The van der Waals surface area contributed by atoms with Gasteiger partial charge < -0.3 is 5.11 Å². The Hall–Kier alpha value is -1.92. The first-order chi connectivity index (χ1) is 12.2. The van der Waals surface area contributed by atoms with Crippen molar-refractivity contribution >= 4 is 22.6 Å². The molecule has 2 rings (SSSR count). The lowest BCUT2D eigenvalue weighted by Gasteiger charge is -2.12. The van der Waals surface area contributed by atoms with Gasteiger partial charge in [-0.1, -0.05) is 32.0 Å². The van der Waals surface area contributed by atoms with Gasteiger partial charge in [-0.25, -0.2) is 0 Å². The highest BCUT2D eigenvalue weighted by Crippen LogP contribution is 2.36. The van der Waals surface area contributed by atoms with Crippen LogP contribution in [-0.2, 0) is 6.61 Å². The number of allylic oxidation sites excluding steroid dienone is 2. The van der Waals surface area contributed by atoms with E-state index < -0.39 is 11.9 Å². The summed E-state index contributed by atoms with van der Waals surface area (Å²) in [5.74, 6) is -0.0703. The smallest absolute Gasteiger partial charge is 0.392 e. The number of aryl methyl sites for hydroxylation is 1. The van der Waals surface area contributed by atoms with E-state index in [0.29, 0.717) is 5.57 Å². The molecular formula is C20H22F3NOS. The highest BCUT2D eigenvalue weighted by Gasteiger charge is 2.34. The van der Waals surface area contributed by atoms with E-state index in [-0.39, 0.29) is 12.5 Å². The summed E-state index contributed by atoms with van der Waals surface area (Å²) in [5, 5.41) is 9.28. The van der Waals surface area contributed by atoms with Gasteiger partial charge in [-0.2, -0.15) is 13.2 Å². The van der Waals surface area contributed by atoms with Crippen molar-refractivity contribution in [3.63, 3.8) is 0 Å². The third-order valence-corrected chi connectivity index (χ3v) is 5.32. The Morgan fingerprint density at radius 3 is 2.42 bits per heavy atom. The van der Waals surface area contributed by atoms with Crippen LogP contribution < -0.4 is 0 Å². The minimum Gasteiger partial charge on any atom is -0.392 e. The fourth-order valence-corrected chi connectivity index (χ4v) is 3.78. The zero-order valence-corrected chi connectivity index (χ0v) is 16.0. The van der Waals surface area contributed by atoms with Gasteiger partial charge in [-0.05, 0) is 53.3 Å². The maximum Gasteiger partial charge on any atom is 0.432 e. The van der Waals surface area contributed by atoms with Gasteiger partial charge in [0.05, 0.1) is 6.61 Å². The zero-order chi connectivity index (χ0) is 19.5. The lowest BCUT2D eigenvalue weighted by Crippen LogP contribution is -2.21. The van der Waals surface area contributed by atoms with E-state index in [1.165, 1.54) is 11.3 Å². The lowest BCUT2D eigenvalue weighted by molar-refractivity contribution is -0.0577. The Morgan fingerprint density at radius 2 is 1.92 bits per heavy atom. The van der Waals surface area contributed by atoms with Crippen molar-refractivity contribution in [3.8, 4) is 10.4 Å². The molecule has 2 nitrogen and oxygen atoms in total. The van der Waals surface area contributed by atoms with Crippen molar-refractivity contribution in [1.82, 2.24) is 0 Å². The van der Waals surface area contributed by atoms with Crippen LogP contribution in [0.4, 0.5) is 13.2 Å². The molecule has 1 N–H and O–H groups in total. The Kier molecular flexibility index (Phi) is 6.42. The molecule has 140 valence electrons. The average Bonchev–Trinajstić information content (AvgIpc) is 3.03. The number of aliphatic imine (C=N–C) groups is 1. The molecule has 0 radical (unpaired) electrons. The van der Waals surface area contributed by atoms with E-state index in [0.717, 1.165) is 39.6 Å². The minimum atomic E-state index is -4.47. The first-order valence-corrected chi connectivity index (χ1v) is 9.05. The van der Waals surface area contributed by atoms with Crippen LogP contribution in [0.25, 0.3) is 16.0 Å². The van der Waals surface area contributed by atoms with Crippen molar-refractivity contribution in [2.75, 3.05) is 7.05 Å². The van der Waals surface area contributed by atoms with Gasteiger partial charge in [0.15, 0.2) is 0 Å². The van der Waals surface area contributed by atoms with Crippen molar-refractivity contribution in [3.05, 3.63) is 52.4 Å². The number of aliphatic hydroxyl groups is 1. The van der Waals surface area contributed by atoms with Crippen LogP contribution in [0.5, 0.6) is 0 Å². The fourth-order valence-electron chi connectivity index (χ4n) is 2.62. The quantitative estimate of drug-likeness (QED) is 0.644. The molecule has 1 heterocycles. The largest absolute Gasteiger partial charge is 0.432 e. The number of benzene rings is 1.